The molecule has 0 bridgehead atoms. The molecule has 0 radical (unpaired) electrons. The van der Waals surface area contributed by atoms with Gasteiger partial charge in [-0.15, -0.1) is 11.8 Å². The van der Waals surface area contributed by atoms with E-state index in [2.05, 4.69) is 16.8 Å². The fourth-order valence-electron chi connectivity index (χ4n) is 3.53. The van der Waals surface area contributed by atoms with Crippen LogP contribution >= 0.6 is 11.8 Å². The number of rotatable bonds is 4. The number of ether oxygens (including phenoxy) is 1. The highest BCUT2D eigenvalue weighted by atomic mass is 32.2. The average molecular weight is 318 g/mol. The van der Waals surface area contributed by atoms with Crippen LogP contribution < -0.4 is 0 Å². The number of amides is 1. The largest absolute Gasteiger partial charge is 0.373 e. The average Bonchev–Trinajstić information content (AvgIpc) is 3.08. The first-order valence-electron chi connectivity index (χ1n) is 8.08. The lowest BCUT2D eigenvalue weighted by Gasteiger charge is -2.47. The Morgan fingerprint density at radius 3 is 3.05 bits per heavy atom. The molecule has 22 heavy (non-hydrogen) atoms. The van der Waals surface area contributed by atoms with Crippen molar-refractivity contribution in [3.8, 4) is 0 Å². The van der Waals surface area contributed by atoms with Gasteiger partial charge in [-0.3, -0.25) is 9.78 Å². The number of nitrogens with zero attached hydrogens (tertiary/aromatic N) is 2. The van der Waals surface area contributed by atoms with E-state index in [9.17, 15) is 4.79 Å². The van der Waals surface area contributed by atoms with Crippen LogP contribution in [0.1, 0.15) is 25.3 Å². The van der Waals surface area contributed by atoms with Crippen molar-refractivity contribution in [1.29, 1.82) is 0 Å². The summed E-state index contributed by atoms with van der Waals surface area (Å²) in [6.07, 6.45) is 6.11. The second-order valence-electron chi connectivity index (χ2n) is 7.01. The van der Waals surface area contributed by atoms with Crippen molar-refractivity contribution < 1.29 is 9.53 Å². The molecule has 0 aromatic carbocycles. The van der Waals surface area contributed by atoms with Crippen LogP contribution in [0, 0.1) is 11.8 Å². The van der Waals surface area contributed by atoms with Crippen molar-refractivity contribution >= 4 is 17.7 Å². The number of carbonyl (C=O) groups excluding carboxylic acids is 1. The Hall–Kier alpha value is -1.07. The fourth-order valence-corrected chi connectivity index (χ4v) is 5.08. The zero-order valence-corrected chi connectivity index (χ0v) is 13.7. The molecule has 3 atom stereocenters. The topological polar surface area (TPSA) is 42.4 Å². The molecule has 5 heteroatoms. The number of aromatic nitrogens is 1. The van der Waals surface area contributed by atoms with E-state index in [0.29, 0.717) is 30.5 Å². The molecule has 4 nitrogen and oxygen atoms in total. The summed E-state index contributed by atoms with van der Waals surface area (Å²) < 4.78 is 6.30. The summed E-state index contributed by atoms with van der Waals surface area (Å²) in [4.78, 5) is 18.4. The van der Waals surface area contributed by atoms with Crippen LogP contribution in [0.3, 0.4) is 0 Å². The first-order valence-corrected chi connectivity index (χ1v) is 9.07. The van der Waals surface area contributed by atoms with E-state index in [-0.39, 0.29) is 4.75 Å². The minimum Gasteiger partial charge on any atom is -0.373 e. The van der Waals surface area contributed by atoms with E-state index in [1.54, 1.807) is 6.20 Å². The quantitative estimate of drug-likeness (QED) is 0.854. The van der Waals surface area contributed by atoms with Gasteiger partial charge in [0.25, 0.3) is 0 Å². The van der Waals surface area contributed by atoms with Gasteiger partial charge in [-0.25, -0.2) is 0 Å². The molecule has 3 fully saturated rings. The van der Waals surface area contributed by atoms with Crippen LogP contribution in [0.25, 0.3) is 0 Å². The van der Waals surface area contributed by atoms with Crippen LogP contribution in [-0.4, -0.2) is 45.5 Å². The van der Waals surface area contributed by atoms with Crippen LogP contribution in [-0.2, 0) is 16.1 Å². The third kappa shape index (κ3) is 2.76. The number of likely N-dealkylation sites (tertiary alicyclic amines) is 1. The minimum absolute atomic E-state index is 0.271. The van der Waals surface area contributed by atoms with Crippen molar-refractivity contribution in [1.82, 2.24) is 9.88 Å². The lowest BCUT2D eigenvalue weighted by atomic mass is 9.92. The molecule has 118 valence electrons. The van der Waals surface area contributed by atoms with Gasteiger partial charge in [0.2, 0.25) is 5.91 Å². The van der Waals surface area contributed by atoms with Crippen LogP contribution in [0.15, 0.2) is 24.5 Å². The van der Waals surface area contributed by atoms with Crippen LogP contribution in [0.4, 0.5) is 0 Å². The highest BCUT2D eigenvalue weighted by molar-refractivity contribution is 8.01. The summed E-state index contributed by atoms with van der Waals surface area (Å²) in [7, 11) is 0. The SMILES string of the molecule is C[C@@H]1C[C@@H]1C(=O)N1CC2(C[C@H](OCc3cccnc3)CS2)C1. The minimum atomic E-state index is 0.271. The summed E-state index contributed by atoms with van der Waals surface area (Å²) in [6.45, 7) is 4.65. The van der Waals surface area contributed by atoms with Crippen molar-refractivity contribution in [2.24, 2.45) is 11.8 Å². The molecule has 0 N–H and O–H groups in total. The predicted molar refractivity (Wildman–Crippen MR) is 86.5 cm³/mol. The highest BCUT2D eigenvalue weighted by Crippen LogP contribution is 2.48. The molecule has 1 spiro atoms. The maximum absolute atomic E-state index is 12.2. The maximum Gasteiger partial charge on any atom is 0.226 e. The predicted octanol–water partition coefficient (Wildman–Crippen LogP) is 2.34. The second kappa shape index (κ2) is 5.53. The standard InChI is InChI=1S/C17H22N2O2S/c1-12-5-15(12)16(20)19-10-17(11-19)6-14(9-22-17)21-8-13-3-2-4-18-7-13/h2-4,7,12,14-15H,5-6,8-11H2,1H3/t12-,14+,15+/m1/s1. The Morgan fingerprint density at radius 2 is 2.36 bits per heavy atom. The third-order valence-electron chi connectivity index (χ3n) is 5.08. The normalized spacial score (nSPS) is 32.0. The van der Waals surface area contributed by atoms with E-state index in [1.165, 1.54) is 0 Å². The summed E-state index contributed by atoms with van der Waals surface area (Å²) in [5.74, 6) is 2.36. The summed E-state index contributed by atoms with van der Waals surface area (Å²) in [5, 5.41) is 0. The van der Waals surface area contributed by atoms with Crippen molar-refractivity contribution in [3.63, 3.8) is 0 Å². The molecular weight excluding hydrogens is 296 g/mol. The highest BCUT2D eigenvalue weighted by Gasteiger charge is 2.53. The molecule has 3 aliphatic rings. The van der Waals surface area contributed by atoms with E-state index in [0.717, 1.165) is 37.2 Å². The number of carbonyl (C=O) groups is 1. The van der Waals surface area contributed by atoms with Gasteiger partial charge in [-0.2, -0.15) is 0 Å². The molecule has 1 saturated carbocycles. The zero-order valence-electron chi connectivity index (χ0n) is 12.9. The lowest BCUT2D eigenvalue weighted by molar-refractivity contribution is -0.138. The molecular formula is C17H22N2O2S. The van der Waals surface area contributed by atoms with Gasteiger partial charge in [-0.1, -0.05) is 13.0 Å². The Balaban J connectivity index is 1.24. The Kier molecular flexibility index (Phi) is 3.65. The number of pyridine rings is 1. The molecule has 2 saturated heterocycles. The first kappa shape index (κ1) is 14.5. The summed E-state index contributed by atoms with van der Waals surface area (Å²) in [6, 6.07) is 3.99. The van der Waals surface area contributed by atoms with Gasteiger partial charge in [0, 0.05) is 37.2 Å². The molecule has 1 aromatic heterocycles. The molecule has 3 heterocycles. The first-order chi connectivity index (χ1) is 10.7. The van der Waals surface area contributed by atoms with Crippen LogP contribution in [0.5, 0.6) is 0 Å². The van der Waals surface area contributed by atoms with E-state index in [4.69, 9.17) is 4.74 Å². The van der Waals surface area contributed by atoms with E-state index >= 15 is 0 Å². The fraction of sp³-hybridized carbons (Fsp3) is 0.647. The number of hydrogen-bond donors (Lipinski definition) is 0. The van der Waals surface area contributed by atoms with Crippen molar-refractivity contribution in [2.75, 3.05) is 18.8 Å². The number of hydrogen-bond acceptors (Lipinski definition) is 4. The Morgan fingerprint density at radius 1 is 1.55 bits per heavy atom. The molecule has 0 unspecified atom stereocenters. The Labute approximate surface area is 135 Å². The number of thioether (sulfide) groups is 1. The lowest BCUT2D eigenvalue weighted by Crippen LogP contribution is -2.61. The smallest absolute Gasteiger partial charge is 0.226 e. The van der Waals surface area contributed by atoms with Gasteiger partial charge in [-0.05, 0) is 30.4 Å². The summed E-state index contributed by atoms with van der Waals surface area (Å²) >= 11 is 1.99. The Bertz CT molecular complexity index is 559. The second-order valence-corrected chi connectivity index (χ2v) is 8.49. The maximum atomic E-state index is 12.2. The molecule has 2 aliphatic heterocycles. The van der Waals surface area contributed by atoms with Crippen LogP contribution in [0.2, 0.25) is 0 Å². The molecule has 1 aromatic rings. The van der Waals surface area contributed by atoms with Gasteiger partial charge in [0.15, 0.2) is 0 Å². The van der Waals surface area contributed by atoms with Gasteiger partial charge in [0.05, 0.1) is 17.5 Å². The monoisotopic (exact) mass is 318 g/mol. The van der Waals surface area contributed by atoms with Crippen molar-refractivity contribution in [3.05, 3.63) is 30.1 Å². The van der Waals surface area contributed by atoms with Crippen molar-refractivity contribution in [2.45, 2.75) is 37.2 Å². The summed E-state index contributed by atoms with van der Waals surface area (Å²) in [5.41, 5.74) is 1.13. The van der Waals surface area contributed by atoms with Gasteiger partial charge < -0.3 is 9.64 Å². The van der Waals surface area contributed by atoms with Gasteiger partial charge in [0.1, 0.15) is 0 Å². The van der Waals surface area contributed by atoms with E-state index < -0.39 is 0 Å². The molecule has 1 amide bonds. The zero-order chi connectivity index (χ0) is 15.2. The van der Waals surface area contributed by atoms with E-state index in [1.807, 2.05) is 30.1 Å². The molecule has 4 rings (SSSR count). The molecule has 1 aliphatic carbocycles. The van der Waals surface area contributed by atoms with Gasteiger partial charge >= 0.3 is 0 Å². The third-order valence-corrected chi connectivity index (χ3v) is 6.66.